The Morgan fingerprint density at radius 1 is 1.32 bits per heavy atom. The Labute approximate surface area is 119 Å². The SMILES string of the molecule is Cc1cc(Cl)cnc1CNC(C)Cc1ccccn1. The lowest BCUT2D eigenvalue weighted by Gasteiger charge is -2.14. The zero-order valence-electron chi connectivity index (χ0n) is 11.2. The number of hydrogen-bond donors (Lipinski definition) is 1. The fourth-order valence-corrected chi connectivity index (χ4v) is 2.14. The maximum atomic E-state index is 5.90. The summed E-state index contributed by atoms with van der Waals surface area (Å²) in [6, 6.07) is 8.29. The van der Waals surface area contributed by atoms with Gasteiger partial charge in [-0.1, -0.05) is 17.7 Å². The van der Waals surface area contributed by atoms with Gasteiger partial charge in [0.2, 0.25) is 0 Å². The summed E-state index contributed by atoms with van der Waals surface area (Å²) >= 11 is 5.90. The fraction of sp³-hybridized carbons (Fsp3) is 0.333. The summed E-state index contributed by atoms with van der Waals surface area (Å²) in [5.74, 6) is 0. The van der Waals surface area contributed by atoms with E-state index in [1.54, 1.807) is 6.20 Å². The van der Waals surface area contributed by atoms with Crippen molar-refractivity contribution >= 4 is 11.6 Å². The normalized spacial score (nSPS) is 12.4. The van der Waals surface area contributed by atoms with E-state index >= 15 is 0 Å². The van der Waals surface area contributed by atoms with Gasteiger partial charge in [-0.15, -0.1) is 0 Å². The van der Waals surface area contributed by atoms with Crippen LogP contribution in [0.5, 0.6) is 0 Å². The van der Waals surface area contributed by atoms with Crippen molar-refractivity contribution in [3.63, 3.8) is 0 Å². The van der Waals surface area contributed by atoms with E-state index < -0.39 is 0 Å². The Morgan fingerprint density at radius 3 is 2.84 bits per heavy atom. The molecule has 0 aliphatic heterocycles. The first-order chi connectivity index (χ1) is 9.15. The largest absolute Gasteiger partial charge is 0.308 e. The quantitative estimate of drug-likeness (QED) is 0.911. The van der Waals surface area contributed by atoms with Gasteiger partial charge in [0.25, 0.3) is 0 Å². The summed E-state index contributed by atoms with van der Waals surface area (Å²) in [4.78, 5) is 8.68. The molecule has 0 radical (unpaired) electrons. The van der Waals surface area contributed by atoms with Crippen molar-refractivity contribution < 1.29 is 0 Å². The van der Waals surface area contributed by atoms with Gasteiger partial charge in [0.1, 0.15) is 0 Å². The van der Waals surface area contributed by atoms with Crippen LogP contribution in [0.15, 0.2) is 36.7 Å². The molecule has 0 saturated heterocycles. The minimum atomic E-state index is 0.353. The Hall–Kier alpha value is -1.45. The van der Waals surface area contributed by atoms with Crippen molar-refractivity contribution in [1.82, 2.24) is 15.3 Å². The third-order valence-corrected chi connectivity index (χ3v) is 3.22. The lowest BCUT2D eigenvalue weighted by Crippen LogP contribution is -2.28. The van der Waals surface area contributed by atoms with Crippen molar-refractivity contribution in [1.29, 1.82) is 0 Å². The van der Waals surface area contributed by atoms with E-state index in [0.717, 1.165) is 29.9 Å². The van der Waals surface area contributed by atoms with Gasteiger partial charge >= 0.3 is 0 Å². The average molecular weight is 276 g/mol. The third-order valence-electron chi connectivity index (χ3n) is 3.01. The molecule has 2 heterocycles. The minimum absolute atomic E-state index is 0.353. The molecule has 0 aromatic carbocycles. The van der Waals surface area contributed by atoms with Crippen LogP contribution >= 0.6 is 11.6 Å². The molecule has 3 nitrogen and oxygen atoms in total. The van der Waals surface area contributed by atoms with Crippen LogP contribution in [0, 0.1) is 6.92 Å². The molecule has 0 amide bonds. The van der Waals surface area contributed by atoms with E-state index in [1.165, 1.54) is 0 Å². The maximum absolute atomic E-state index is 5.90. The molecule has 0 fully saturated rings. The molecule has 0 bridgehead atoms. The zero-order chi connectivity index (χ0) is 13.7. The maximum Gasteiger partial charge on any atom is 0.0592 e. The second kappa shape index (κ2) is 6.64. The highest BCUT2D eigenvalue weighted by atomic mass is 35.5. The highest BCUT2D eigenvalue weighted by Crippen LogP contribution is 2.12. The summed E-state index contributed by atoms with van der Waals surface area (Å²) in [5.41, 5.74) is 3.26. The standard InChI is InChI=1S/C15H18ClN3/c1-11-7-13(16)9-19-15(11)10-18-12(2)8-14-5-3-4-6-17-14/h3-7,9,12,18H,8,10H2,1-2H3. The van der Waals surface area contributed by atoms with Crippen LogP contribution in [-0.4, -0.2) is 16.0 Å². The van der Waals surface area contributed by atoms with Crippen LogP contribution in [0.3, 0.4) is 0 Å². The molecule has 100 valence electrons. The molecule has 2 aromatic heterocycles. The first kappa shape index (κ1) is 14.0. The highest BCUT2D eigenvalue weighted by molar-refractivity contribution is 6.30. The summed E-state index contributed by atoms with van der Waals surface area (Å²) in [7, 11) is 0. The second-order valence-electron chi connectivity index (χ2n) is 4.72. The number of aryl methyl sites for hydroxylation is 1. The second-order valence-corrected chi connectivity index (χ2v) is 5.16. The molecule has 2 aromatic rings. The van der Waals surface area contributed by atoms with Gasteiger partial charge in [-0.25, -0.2) is 0 Å². The average Bonchev–Trinajstić information content (AvgIpc) is 2.39. The number of pyridine rings is 2. The van der Waals surface area contributed by atoms with E-state index in [-0.39, 0.29) is 0 Å². The van der Waals surface area contributed by atoms with Gasteiger partial charge in [-0.2, -0.15) is 0 Å². The molecule has 2 rings (SSSR count). The number of nitrogens with one attached hydrogen (secondary N) is 1. The summed E-state index contributed by atoms with van der Waals surface area (Å²) in [6.07, 6.45) is 4.43. The van der Waals surface area contributed by atoms with Crippen LogP contribution in [-0.2, 0) is 13.0 Å². The predicted octanol–water partition coefficient (Wildman–Crippen LogP) is 3.16. The summed E-state index contributed by atoms with van der Waals surface area (Å²) in [6.45, 7) is 4.93. The van der Waals surface area contributed by atoms with E-state index in [1.807, 2.05) is 37.4 Å². The monoisotopic (exact) mass is 275 g/mol. The minimum Gasteiger partial charge on any atom is -0.308 e. The molecule has 1 unspecified atom stereocenters. The van der Waals surface area contributed by atoms with Gasteiger partial charge in [-0.3, -0.25) is 9.97 Å². The fourth-order valence-electron chi connectivity index (χ4n) is 1.93. The summed E-state index contributed by atoms with van der Waals surface area (Å²) < 4.78 is 0. The van der Waals surface area contributed by atoms with Crippen molar-refractivity contribution in [2.75, 3.05) is 0 Å². The first-order valence-corrected chi connectivity index (χ1v) is 6.77. The molecule has 1 atom stereocenters. The van der Waals surface area contributed by atoms with Gasteiger partial charge in [0, 0.05) is 37.1 Å². The molecule has 0 aliphatic rings. The van der Waals surface area contributed by atoms with Crippen LogP contribution in [0.1, 0.15) is 23.9 Å². The Bertz CT molecular complexity index is 528. The van der Waals surface area contributed by atoms with Crippen LogP contribution in [0.2, 0.25) is 5.02 Å². The van der Waals surface area contributed by atoms with Gasteiger partial charge in [-0.05, 0) is 37.6 Å². The van der Waals surface area contributed by atoms with E-state index in [9.17, 15) is 0 Å². The zero-order valence-corrected chi connectivity index (χ0v) is 12.0. The van der Waals surface area contributed by atoms with Crippen LogP contribution in [0.25, 0.3) is 0 Å². The van der Waals surface area contributed by atoms with Crippen LogP contribution in [0.4, 0.5) is 0 Å². The lowest BCUT2D eigenvalue weighted by molar-refractivity contribution is 0.534. The number of aromatic nitrogens is 2. The molecule has 1 N–H and O–H groups in total. The Balaban J connectivity index is 1.88. The molecular weight excluding hydrogens is 258 g/mol. The molecule has 0 aliphatic carbocycles. The van der Waals surface area contributed by atoms with Crippen LogP contribution < -0.4 is 5.32 Å². The smallest absolute Gasteiger partial charge is 0.0592 e. The van der Waals surface area contributed by atoms with Crippen molar-refractivity contribution in [3.8, 4) is 0 Å². The van der Waals surface area contributed by atoms with Gasteiger partial charge in [0.15, 0.2) is 0 Å². The molecule has 4 heteroatoms. The molecule has 0 spiro atoms. The lowest BCUT2D eigenvalue weighted by atomic mass is 10.1. The Kier molecular flexibility index (Phi) is 4.88. The van der Waals surface area contributed by atoms with Crippen molar-refractivity contribution in [2.45, 2.75) is 32.9 Å². The number of nitrogens with zero attached hydrogens (tertiary/aromatic N) is 2. The van der Waals surface area contributed by atoms with E-state index in [0.29, 0.717) is 11.1 Å². The number of rotatable bonds is 5. The molecule has 0 saturated carbocycles. The third kappa shape index (κ3) is 4.30. The number of halogens is 1. The molecular formula is C15H18ClN3. The highest BCUT2D eigenvalue weighted by Gasteiger charge is 2.06. The van der Waals surface area contributed by atoms with Gasteiger partial charge in [0.05, 0.1) is 10.7 Å². The molecule has 19 heavy (non-hydrogen) atoms. The van der Waals surface area contributed by atoms with Gasteiger partial charge < -0.3 is 5.32 Å². The first-order valence-electron chi connectivity index (χ1n) is 6.39. The topological polar surface area (TPSA) is 37.8 Å². The summed E-state index contributed by atoms with van der Waals surface area (Å²) in [5, 5.41) is 4.15. The van der Waals surface area contributed by atoms with E-state index in [4.69, 9.17) is 11.6 Å². The Morgan fingerprint density at radius 2 is 2.16 bits per heavy atom. The van der Waals surface area contributed by atoms with Crippen molar-refractivity contribution in [3.05, 3.63) is 58.6 Å². The number of hydrogen-bond acceptors (Lipinski definition) is 3. The van der Waals surface area contributed by atoms with Crippen molar-refractivity contribution in [2.24, 2.45) is 0 Å². The predicted molar refractivity (Wildman–Crippen MR) is 78.2 cm³/mol. The van der Waals surface area contributed by atoms with E-state index in [2.05, 4.69) is 22.2 Å².